The Balaban J connectivity index is 2.29. The molecule has 18 heavy (non-hydrogen) atoms. The van der Waals surface area contributed by atoms with Crippen LogP contribution in [-0.2, 0) is 4.79 Å². The van der Waals surface area contributed by atoms with Crippen molar-refractivity contribution in [3.63, 3.8) is 0 Å². The fraction of sp³-hybridized carbons (Fsp3) is 0.846. The summed E-state index contributed by atoms with van der Waals surface area (Å²) in [5, 5.41) is 11.6. The summed E-state index contributed by atoms with van der Waals surface area (Å²) in [4.78, 5) is 24.3. The van der Waals surface area contributed by atoms with Gasteiger partial charge in [-0.1, -0.05) is 20.8 Å². The lowest BCUT2D eigenvalue weighted by molar-refractivity contribution is -0.138. The number of carboxylic acid groups (broad SMARTS) is 1. The van der Waals surface area contributed by atoms with Crippen molar-refractivity contribution in [2.24, 2.45) is 11.3 Å². The van der Waals surface area contributed by atoms with Gasteiger partial charge in [0.25, 0.3) is 0 Å². The first kappa shape index (κ1) is 14.8. The van der Waals surface area contributed by atoms with Crippen molar-refractivity contribution in [2.75, 3.05) is 19.6 Å². The van der Waals surface area contributed by atoms with Crippen LogP contribution in [0.1, 0.15) is 40.0 Å². The topological polar surface area (TPSA) is 69.6 Å². The summed E-state index contributed by atoms with van der Waals surface area (Å²) in [6, 6.07) is -0.0290. The van der Waals surface area contributed by atoms with E-state index in [0.717, 1.165) is 12.8 Å². The van der Waals surface area contributed by atoms with Gasteiger partial charge >= 0.3 is 12.0 Å². The molecular weight excluding hydrogens is 232 g/mol. The van der Waals surface area contributed by atoms with Crippen LogP contribution in [-0.4, -0.2) is 41.6 Å². The predicted octanol–water partition coefficient (Wildman–Crippen LogP) is 1.93. The Morgan fingerprint density at radius 2 is 1.83 bits per heavy atom. The maximum atomic E-state index is 11.9. The van der Waals surface area contributed by atoms with Crippen molar-refractivity contribution in [1.82, 2.24) is 10.2 Å². The highest BCUT2D eigenvalue weighted by Gasteiger charge is 2.24. The number of carbonyl (C=O) groups excluding carboxylic acids is 1. The summed E-state index contributed by atoms with van der Waals surface area (Å²) >= 11 is 0. The highest BCUT2D eigenvalue weighted by atomic mass is 16.4. The average molecular weight is 256 g/mol. The first-order valence-electron chi connectivity index (χ1n) is 6.52. The number of amides is 2. The van der Waals surface area contributed by atoms with E-state index in [2.05, 4.69) is 26.1 Å². The molecule has 0 aromatic carbocycles. The molecule has 0 spiro atoms. The van der Waals surface area contributed by atoms with E-state index in [4.69, 9.17) is 5.11 Å². The van der Waals surface area contributed by atoms with Gasteiger partial charge in [0.05, 0.1) is 0 Å². The van der Waals surface area contributed by atoms with Crippen LogP contribution in [0.3, 0.4) is 0 Å². The molecule has 0 aliphatic carbocycles. The second-order valence-electron chi connectivity index (χ2n) is 6.25. The van der Waals surface area contributed by atoms with Crippen molar-refractivity contribution in [2.45, 2.75) is 40.0 Å². The van der Waals surface area contributed by atoms with Crippen LogP contribution in [0.25, 0.3) is 0 Å². The third-order valence-corrected chi connectivity index (χ3v) is 3.13. The van der Waals surface area contributed by atoms with Gasteiger partial charge in [0.15, 0.2) is 0 Å². The third-order valence-electron chi connectivity index (χ3n) is 3.13. The normalized spacial score (nSPS) is 17.6. The maximum Gasteiger partial charge on any atom is 0.317 e. The van der Waals surface area contributed by atoms with Gasteiger partial charge in [-0.15, -0.1) is 0 Å². The highest BCUT2D eigenvalue weighted by molar-refractivity contribution is 5.74. The van der Waals surface area contributed by atoms with Crippen LogP contribution in [0.4, 0.5) is 4.79 Å². The van der Waals surface area contributed by atoms with Gasteiger partial charge in [-0.05, 0) is 24.2 Å². The molecule has 1 saturated heterocycles. The van der Waals surface area contributed by atoms with Crippen LogP contribution in [0.15, 0.2) is 0 Å². The van der Waals surface area contributed by atoms with Gasteiger partial charge in [0, 0.05) is 26.1 Å². The number of carboxylic acids is 1. The molecule has 1 rings (SSSR count). The average Bonchev–Trinajstić information content (AvgIpc) is 2.25. The lowest BCUT2D eigenvalue weighted by atomic mass is 9.94. The number of hydrogen-bond acceptors (Lipinski definition) is 2. The Bertz CT molecular complexity index is 302. The Morgan fingerprint density at radius 3 is 2.28 bits per heavy atom. The molecule has 104 valence electrons. The van der Waals surface area contributed by atoms with Gasteiger partial charge in [0.2, 0.25) is 0 Å². The van der Waals surface area contributed by atoms with E-state index >= 15 is 0 Å². The molecule has 5 heteroatoms. The van der Waals surface area contributed by atoms with Crippen molar-refractivity contribution < 1.29 is 14.7 Å². The minimum Gasteiger partial charge on any atom is -0.481 e. The minimum atomic E-state index is -0.745. The molecule has 0 unspecified atom stereocenters. The largest absolute Gasteiger partial charge is 0.481 e. The molecule has 1 aliphatic heterocycles. The van der Waals surface area contributed by atoms with Crippen molar-refractivity contribution >= 4 is 12.0 Å². The molecule has 2 amide bonds. The zero-order chi connectivity index (χ0) is 13.8. The van der Waals surface area contributed by atoms with Crippen LogP contribution in [0.5, 0.6) is 0 Å². The summed E-state index contributed by atoms with van der Waals surface area (Å²) in [5.41, 5.74) is 0.0806. The molecule has 0 radical (unpaired) electrons. The number of rotatable bonds is 3. The number of nitrogens with one attached hydrogen (secondary N) is 1. The Labute approximate surface area is 109 Å². The molecule has 1 heterocycles. The number of aliphatic carboxylic acids is 1. The molecule has 0 bridgehead atoms. The van der Waals surface area contributed by atoms with Gasteiger partial charge in [0.1, 0.15) is 0 Å². The van der Waals surface area contributed by atoms with Crippen LogP contribution in [0, 0.1) is 11.3 Å². The highest BCUT2D eigenvalue weighted by Crippen LogP contribution is 2.20. The SMILES string of the molecule is CC(C)(C)CNC(=O)N1CCC(CC(=O)O)CC1. The minimum absolute atomic E-state index is 0.0290. The Kier molecular flexibility index (Phi) is 4.99. The molecule has 1 aliphatic rings. The van der Waals surface area contributed by atoms with E-state index in [1.165, 1.54) is 0 Å². The second-order valence-corrected chi connectivity index (χ2v) is 6.25. The van der Waals surface area contributed by atoms with E-state index in [1.54, 1.807) is 4.90 Å². The lowest BCUT2D eigenvalue weighted by Crippen LogP contribution is -2.46. The van der Waals surface area contributed by atoms with Gasteiger partial charge in [-0.2, -0.15) is 0 Å². The van der Waals surface area contributed by atoms with Gasteiger partial charge in [-0.3, -0.25) is 4.79 Å². The van der Waals surface area contributed by atoms with Gasteiger partial charge in [-0.25, -0.2) is 4.79 Å². The Hall–Kier alpha value is -1.26. The summed E-state index contributed by atoms with van der Waals surface area (Å²) < 4.78 is 0. The first-order valence-corrected chi connectivity index (χ1v) is 6.52. The first-order chi connectivity index (χ1) is 8.28. The summed E-state index contributed by atoms with van der Waals surface area (Å²) in [6.07, 6.45) is 1.79. The number of hydrogen-bond donors (Lipinski definition) is 2. The Morgan fingerprint density at radius 1 is 1.28 bits per heavy atom. The summed E-state index contributed by atoms with van der Waals surface area (Å²) in [7, 11) is 0. The quantitative estimate of drug-likeness (QED) is 0.810. The van der Waals surface area contributed by atoms with E-state index in [9.17, 15) is 9.59 Å². The molecule has 5 nitrogen and oxygen atoms in total. The monoisotopic (exact) mass is 256 g/mol. The van der Waals surface area contributed by atoms with Crippen LogP contribution >= 0.6 is 0 Å². The molecule has 0 saturated carbocycles. The fourth-order valence-corrected chi connectivity index (χ4v) is 2.04. The molecule has 0 atom stereocenters. The number of likely N-dealkylation sites (tertiary alicyclic amines) is 1. The van der Waals surface area contributed by atoms with E-state index in [-0.39, 0.29) is 23.8 Å². The van der Waals surface area contributed by atoms with Crippen molar-refractivity contribution in [1.29, 1.82) is 0 Å². The van der Waals surface area contributed by atoms with E-state index in [0.29, 0.717) is 19.6 Å². The fourth-order valence-electron chi connectivity index (χ4n) is 2.04. The standard InChI is InChI=1S/C13H24N2O3/c1-13(2,3)9-14-12(18)15-6-4-10(5-7-15)8-11(16)17/h10H,4-9H2,1-3H3,(H,14,18)(H,16,17). The number of carbonyl (C=O) groups is 2. The number of urea groups is 1. The molecule has 2 N–H and O–H groups in total. The molecule has 0 aromatic heterocycles. The number of piperidine rings is 1. The van der Waals surface area contributed by atoms with Crippen LogP contribution in [0.2, 0.25) is 0 Å². The van der Waals surface area contributed by atoms with Crippen LogP contribution < -0.4 is 5.32 Å². The smallest absolute Gasteiger partial charge is 0.317 e. The maximum absolute atomic E-state index is 11.9. The molecule has 1 fully saturated rings. The van der Waals surface area contributed by atoms with E-state index in [1.807, 2.05) is 0 Å². The zero-order valence-electron chi connectivity index (χ0n) is 11.5. The third kappa shape index (κ3) is 5.38. The molecule has 0 aromatic rings. The van der Waals surface area contributed by atoms with Crippen molar-refractivity contribution in [3.8, 4) is 0 Å². The molecular formula is C13H24N2O3. The lowest BCUT2D eigenvalue weighted by Gasteiger charge is -2.32. The van der Waals surface area contributed by atoms with E-state index < -0.39 is 5.97 Å². The predicted molar refractivity (Wildman–Crippen MR) is 69.4 cm³/mol. The van der Waals surface area contributed by atoms with Gasteiger partial charge < -0.3 is 15.3 Å². The summed E-state index contributed by atoms with van der Waals surface area (Å²) in [5.74, 6) is -0.528. The van der Waals surface area contributed by atoms with Crippen molar-refractivity contribution in [3.05, 3.63) is 0 Å². The number of nitrogens with zero attached hydrogens (tertiary/aromatic N) is 1. The second kappa shape index (κ2) is 6.07. The zero-order valence-corrected chi connectivity index (χ0v) is 11.5. The summed E-state index contributed by atoms with van der Waals surface area (Å²) in [6.45, 7) is 8.20.